The highest BCUT2D eigenvalue weighted by atomic mass is 19.1. The first kappa shape index (κ1) is 10.6. The lowest BCUT2D eigenvalue weighted by Crippen LogP contribution is -2.30. The molecule has 82 valence electrons. The first-order valence-corrected chi connectivity index (χ1v) is 5.29. The van der Waals surface area contributed by atoms with Crippen LogP contribution < -0.4 is 0 Å². The standard InChI is InChI=1S/C12H15FO2/c13-12-4-2-1-3-9(12)7-11-8-10(14)5-6-15-11/h1-4,10-11,14H,5-8H2. The molecule has 2 atom stereocenters. The molecule has 1 aliphatic rings. The predicted octanol–water partition coefficient (Wildman–Crippen LogP) is 1.91. The lowest BCUT2D eigenvalue weighted by atomic mass is 9.99. The van der Waals surface area contributed by atoms with Crippen molar-refractivity contribution in [2.75, 3.05) is 6.61 Å². The Hall–Kier alpha value is -0.930. The van der Waals surface area contributed by atoms with Gasteiger partial charge < -0.3 is 9.84 Å². The molecule has 1 aromatic rings. The maximum absolute atomic E-state index is 13.3. The van der Waals surface area contributed by atoms with Crippen LogP contribution in [0.1, 0.15) is 18.4 Å². The Morgan fingerprint density at radius 2 is 2.20 bits per heavy atom. The zero-order chi connectivity index (χ0) is 10.7. The van der Waals surface area contributed by atoms with Crippen LogP contribution in [0.5, 0.6) is 0 Å². The molecule has 0 spiro atoms. The van der Waals surface area contributed by atoms with Crippen LogP contribution >= 0.6 is 0 Å². The van der Waals surface area contributed by atoms with E-state index in [1.165, 1.54) is 6.07 Å². The van der Waals surface area contributed by atoms with Gasteiger partial charge in [0.05, 0.1) is 12.2 Å². The molecule has 15 heavy (non-hydrogen) atoms. The predicted molar refractivity (Wildman–Crippen MR) is 55.1 cm³/mol. The van der Waals surface area contributed by atoms with E-state index < -0.39 is 0 Å². The maximum atomic E-state index is 13.3. The monoisotopic (exact) mass is 210 g/mol. The van der Waals surface area contributed by atoms with E-state index in [2.05, 4.69) is 0 Å². The van der Waals surface area contributed by atoms with Crippen molar-refractivity contribution >= 4 is 0 Å². The minimum atomic E-state index is -0.296. The molecule has 3 heteroatoms. The summed E-state index contributed by atoms with van der Waals surface area (Å²) >= 11 is 0. The summed E-state index contributed by atoms with van der Waals surface area (Å²) in [5, 5.41) is 9.45. The zero-order valence-electron chi connectivity index (χ0n) is 8.53. The van der Waals surface area contributed by atoms with Crippen LogP contribution in [0.4, 0.5) is 4.39 Å². The molecule has 0 bridgehead atoms. The van der Waals surface area contributed by atoms with Crippen molar-refractivity contribution < 1.29 is 14.2 Å². The molecule has 1 saturated heterocycles. The Labute approximate surface area is 88.7 Å². The van der Waals surface area contributed by atoms with Crippen LogP contribution in [0.15, 0.2) is 24.3 Å². The highest BCUT2D eigenvalue weighted by molar-refractivity contribution is 5.18. The van der Waals surface area contributed by atoms with E-state index in [9.17, 15) is 9.50 Å². The number of hydrogen-bond acceptors (Lipinski definition) is 2. The maximum Gasteiger partial charge on any atom is 0.126 e. The first-order valence-electron chi connectivity index (χ1n) is 5.29. The van der Waals surface area contributed by atoms with Crippen molar-refractivity contribution in [3.63, 3.8) is 0 Å². The molecule has 0 aromatic heterocycles. The van der Waals surface area contributed by atoms with Crippen molar-refractivity contribution in [1.29, 1.82) is 0 Å². The fraction of sp³-hybridized carbons (Fsp3) is 0.500. The topological polar surface area (TPSA) is 29.5 Å². The second kappa shape index (κ2) is 4.73. The Balaban J connectivity index is 1.99. The van der Waals surface area contributed by atoms with E-state index in [0.717, 1.165) is 0 Å². The number of halogens is 1. The minimum Gasteiger partial charge on any atom is -0.393 e. The van der Waals surface area contributed by atoms with Crippen molar-refractivity contribution in [2.24, 2.45) is 0 Å². The summed E-state index contributed by atoms with van der Waals surface area (Å²) in [6, 6.07) is 6.71. The van der Waals surface area contributed by atoms with Gasteiger partial charge in [-0.1, -0.05) is 18.2 Å². The van der Waals surface area contributed by atoms with Gasteiger partial charge in [0.2, 0.25) is 0 Å². The summed E-state index contributed by atoms with van der Waals surface area (Å²) in [6.45, 7) is 0.570. The SMILES string of the molecule is OC1CCOC(Cc2ccccc2F)C1. The van der Waals surface area contributed by atoms with Crippen molar-refractivity contribution in [2.45, 2.75) is 31.5 Å². The Morgan fingerprint density at radius 1 is 1.40 bits per heavy atom. The number of aliphatic hydroxyl groups excluding tert-OH is 1. The quantitative estimate of drug-likeness (QED) is 0.808. The van der Waals surface area contributed by atoms with Crippen LogP contribution in [0, 0.1) is 5.82 Å². The molecule has 1 aromatic carbocycles. The molecule has 2 nitrogen and oxygen atoms in total. The smallest absolute Gasteiger partial charge is 0.126 e. The van der Waals surface area contributed by atoms with Crippen LogP contribution in [-0.4, -0.2) is 23.9 Å². The van der Waals surface area contributed by atoms with E-state index in [1.54, 1.807) is 12.1 Å². The fourth-order valence-electron chi connectivity index (χ4n) is 1.91. The van der Waals surface area contributed by atoms with E-state index in [0.29, 0.717) is 31.4 Å². The third kappa shape index (κ3) is 2.76. The van der Waals surface area contributed by atoms with Gasteiger partial charge in [0.15, 0.2) is 0 Å². The number of aliphatic hydroxyl groups is 1. The molecule has 0 aliphatic carbocycles. The van der Waals surface area contributed by atoms with Crippen LogP contribution in [0.3, 0.4) is 0 Å². The van der Waals surface area contributed by atoms with Gasteiger partial charge in [-0.3, -0.25) is 0 Å². The highest BCUT2D eigenvalue weighted by Gasteiger charge is 2.21. The molecule has 1 fully saturated rings. The summed E-state index contributed by atoms with van der Waals surface area (Å²) in [5.74, 6) is -0.193. The molecule has 2 rings (SSSR count). The van der Waals surface area contributed by atoms with Gasteiger partial charge in [-0.05, 0) is 24.5 Å². The summed E-state index contributed by atoms with van der Waals surface area (Å²) in [5.41, 5.74) is 0.664. The Kier molecular flexibility index (Phi) is 3.34. The normalized spacial score (nSPS) is 26.5. The van der Waals surface area contributed by atoms with Crippen molar-refractivity contribution in [3.8, 4) is 0 Å². The van der Waals surface area contributed by atoms with Gasteiger partial charge in [-0.2, -0.15) is 0 Å². The van der Waals surface area contributed by atoms with Gasteiger partial charge in [-0.15, -0.1) is 0 Å². The highest BCUT2D eigenvalue weighted by Crippen LogP contribution is 2.19. The fourth-order valence-corrected chi connectivity index (χ4v) is 1.91. The molecule has 0 amide bonds. The lowest BCUT2D eigenvalue weighted by molar-refractivity contribution is -0.0426. The van der Waals surface area contributed by atoms with Crippen molar-refractivity contribution in [1.82, 2.24) is 0 Å². The van der Waals surface area contributed by atoms with Crippen LogP contribution in [0.2, 0.25) is 0 Å². The number of rotatable bonds is 2. The Bertz CT molecular complexity index is 327. The van der Waals surface area contributed by atoms with Crippen molar-refractivity contribution in [3.05, 3.63) is 35.6 Å². The van der Waals surface area contributed by atoms with Gasteiger partial charge >= 0.3 is 0 Å². The number of benzene rings is 1. The number of hydrogen-bond donors (Lipinski definition) is 1. The summed E-state index contributed by atoms with van der Waals surface area (Å²) in [4.78, 5) is 0. The van der Waals surface area contributed by atoms with Gasteiger partial charge in [0, 0.05) is 13.0 Å². The van der Waals surface area contributed by atoms with E-state index in [1.807, 2.05) is 6.07 Å². The molecule has 2 unspecified atom stereocenters. The summed E-state index contributed by atoms with van der Waals surface area (Å²) in [6.07, 6.45) is 1.49. The summed E-state index contributed by atoms with van der Waals surface area (Å²) < 4.78 is 18.8. The van der Waals surface area contributed by atoms with E-state index in [4.69, 9.17) is 4.74 Å². The molecule has 1 heterocycles. The van der Waals surface area contributed by atoms with E-state index in [-0.39, 0.29) is 18.0 Å². The average molecular weight is 210 g/mol. The van der Waals surface area contributed by atoms with E-state index >= 15 is 0 Å². The molecular formula is C12H15FO2. The van der Waals surface area contributed by atoms with Gasteiger partial charge in [-0.25, -0.2) is 4.39 Å². The van der Waals surface area contributed by atoms with Gasteiger partial charge in [0.25, 0.3) is 0 Å². The number of ether oxygens (including phenoxy) is 1. The molecular weight excluding hydrogens is 195 g/mol. The average Bonchev–Trinajstić information content (AvgIpc) is 2.22. The third-order valence-corrected chi connectivity index (χ3v) is 2.75. The molecule has 1 aliphatic heterocycles. The largest absolute Gasteiger partial charge is 0.393 e. The Morgan fingerprint density at radius 3 is 2.93 bits per heavy atom. The van der Waals surface area contributed by atoms with Gasteiger partial charge in [0.1, 0.15) is 5.82 Å². The van der Waals surface area contributed by atoms with Crippen LogP contribution in [-0.2, 0) is 11.2 Å². The first-order chi connectivity index (χ1) is 7.25. The zero-order valence-corrected chi connectivity index (χ0v) is 8.53. The summed E-state index contributed by atoms with van der Waals surface area (Å²) in [7, 11) is 0. The molecule has 0 saturated carbocycles. The second-order valence-corrected chi connectivity index (χ2v) is 3.97. The molecule has 1 N–H and O–H groups in total. The third-order valence-electron chi connectivity index (χ3n) is 2.75. The second-order valence-electron chi connectivity index (χ2n) is 3.97. The lowest BCUT2D eigenvalue weighted by Gasteiger charge is -2.26. The molecule has 0 radical (unpaired) electrons. The minimum absolute atomic E-state index is 0.0503. The van der Waals surface area contributed by atoms with Crippen LogP contribution in [0.25, 0.3) is 0 Å².